The van der Waals surface area contributed by atoms with Crippen molar-refractivity contribution in [1.82, 2.24) is 14.9 Å². The molecule has 0 saturated carbocycles. The number of hydrogen-bond acceptors (Lipinski definition) is 6. The molecule has 7 nitrogen and oxygen atoms in total. The molecule has 20 heavy (non-hydrogen) atoms. The highest BCUT2D eigenvalue weighted by molar-refractivity contribution is 7.88. The Kier molecular flexibility index (Phi) is 4.58. The molecule has 0 amide bonds. The summed E-state index contributed by atoms with van der Waals surface area (Å²) in [6.07, 6.45) is 1.02. The molecular weight excluding hydrogens is 306 g/mol. The lowest BCUT2D eigenvalue weighted by Crippen LogP contribution is -2.26. The van der Waals surface area contributed by atoms with Crippen molar-refractivity contribution in [1.29, 1.82) is 0 Å². The molecule has 0 atom stereocenters. The molecule has 2 rings (SSSR count). The van der Waals surface area contributed by atoms with Crippen LogP contribution in [0.15, 0.2) is 28.8 Å². The molecule has 1 aromatic heterocycles. The Hall–Kier alpha value is -1.64. The maximum atomic E-state index is 10.8. The van der Waals surface area contributed by atoms with Crippen LogP contribution in [0.3, 0.4) is 0 Å². The number of rotatable bonds is 6. The molecule has 0 bridgehead atoms. The van der Waals surface area contributed by atoms with Gasteiger partial charge in [-0.05, 0) is 12.1 Å². The first-order valence-electron chi connectivity index (χ1n) is 5.62. The summed E-state index contributed by atoms with van der Waals surface area (Å²) in [5.74, 6) is 0.307. The van der Waals surface area contributed by atoms with Crippen molar-refractivity contribution in [3.8, 4) is 17.5 Å². The van der Waals surface area contributed by atoms with Crippen LogP contribution >= 0.6 is 11.6 Å². The van der Waals surface area contributed by atoms with Gasteiger partial charge >= 0.3 is 6.08 Å². The van der Waals surface area contributed by atoms with Gasteiger partial charge in [-0.2, -0.15) is 4.98 Å². The van der Waals surface area contributed by atoms with Crippen molar-refractivity contribution in [3.63, 3.8) is 0 Å². The van der Waals surface area contributed by atoms with E-state index in [0.717, 1.165) is 6.26 Å². The van der Waals surface area contributed by atoms with Crippen molar-refractivity contribution in [3.05, 3.63) is 29.3 Å². The Morgan fingerprint density at radius 2 is 2.15 bits per heavy atom. The lowest BCUT2D eigenvalue weighted by atomic mass is 10.2. The molecule has 0 spiro atoms. The fourth-order valence-corrected chi connectivity index (χ4v) is 2.06. The summed E-state index contributed by atoms with van der Waals surface area (Å²) in [5.41, 5.74) is 0.627. The summed E-state index contributed by atoms with van der Waals surface area (Å²) in [6, 6.07) is 7.06. The Morgan fingerprint density at radius 1 is 1.40 bits per heavy atom. The van der Waals surface area contributed by atoms with E-state index in [2.05, 4.69) is 14.9 Å². The van der Waals surface area contributed by atoms with Crippen LogP contribution in [0, 0.1) is 0 Å². The van der Waals surface area contributed by atoms with Crippen molar-refractivity contribution < 1.29 is 17.7 Å². The molecular formula is C11H12ClN3O4S. The van der Waals surface area contributed by atoms with Crippen molar-refractivity contribution in [2.75, 3.05) is 19.4 Å². The number of nitrogens with one attached hydrogen (secondary N) is 1. The zero-order valence-corrected chi connectivity index (χ0v) is 12.1. The summed E-state index contributed by atoms with van der Waals surface area (Å²) in [4.78, 5) is 4.01. The van der Waals surface area contributed by atoms with Gasteiger partial charge in [-0.1, -0.05) is 28.9 Å². The van der Waals surface area contributed by atoms with Crippen LogP contribution in [0.4, 0.5) is 0 Å². The number of aromatic nitrogens is 2. The van der Waals surface area contributed by atoms with Gasteiger partial charge in [0.05, 0.1) is 11.3 Å². The maximum Gasteiger partial charge on any atom is 0.417 e. The minimum Gasteiger partial charge on any atom is -0.447 e. The molecule has 9 heteroatoms. The minimum absolute atomic E-state index is 0.0461. The van der Waals surface area contributed by atoms with Crippen LogP contribution in [0.25, 0.3) is 11.4 Å². The standard InChI is InChI=1S/C11H12ClN3O4S/c1-20(16,17)13-6-7-18-11-14-10(15-19-11)8-4-2-3-5-9(8)12/h2-5,13H,6-7H2,1H3. The third-order valence-corrected chi connectivity index (χ3v) is 3.27. The number of hydrogen-bond donors (Lipinski definition) is 1. The topological polar surface area (TPSA) is 94.3 Å². The molecule has 2 aromatic rings. The van der Waals surface area contributed by atoms with E-state index >= 15 is 0 Å². The first-order chi connectivity index (χ1) is 9.46. The smallest absolute Gasteiger partial charge is 0.417 e. The van der Waals surface area contributed by atoms with Crippen LogP contribution < -0.4 is 9.46 Å². The van der Waals surface area contributed by atoms with E-state index in [1.54, 1.807) is 24.3 Å². The average Bonchev–Trinajstić information content (AvgIpc) is 2.83. The number of benzene rings is 1. The van der Waals surface area contributed by atoms with Crippen LogP contribution in [0.2, 0.25) is 5.02 Å². The van der Waals surface area contributed by atoms with Gasteiger partial charge in [0.25, 0.3) is 0 Å². The monoisotopic (exact) mass is 317 g/mol. The number of nitrogens with zero attached hydrogens (tertiary/aromatic N) is 2. The maximum absolute atomic E-state index is 10.8. The van der Waals surface area contributed by atoms with E-state index in [4.69, 9.17) is 20.9 Å². The highest BCUT2D eigenvalue weighted by Gasteiger charge is 2.12. The fourth-order valence-electron chi connectivity index (χ4n) is 1.39. The minimum atomic E-state index is -3.24. The summed E-state index contributed by atoms with van der Waals surface area (Å²) in [6.45, 7) is 0.194. The average molecular weight is 318 g/mol. The molecule has 0 aliphatic rings. The molecule has 0 radical (unpaired) electrons. The highest BCUT2D eigenvalue weighted by atomic mass is 35.5. The van der Waals surface area contributed by atoms with E-state index in [9.17, 15) is 8.42 Å². The summed E-state index contributed by atoms with van der Waals surface area (Å²) < 4.78 is 34.0. The molecule has 0 saturated heterocycles. The van der Waals surface area contributed by atoms with E-state index in [-0.39, 0.29) is 19.2 Å². The zero-order valence-electron chi connectivity index (χ0n) is 10.5. The van der Waals surface area contributed by atoms with Crippen molar-refractivity contribution in [2.24, 2.45) is 0 Å². The Labute approximate surface area is 120 Å². The van der Waals surface area contributed by atoms with Gasteiger partial charge < -0.3 is 4.74 Å². The second-order valence-electron chi connectivity index (χ2n) is 3.88. The molecule has 1 heterocycles. The van der Waals surface area contributed by atoms with Gasteiger partial charge in [0.15, 0.2) is 0 Å². The lowest BCUT2D eigenvalue weighted by molar-refractivity contribution is 0.208. The predicted molar refractivity (Wildman–Crippen MR) is 73.1 cm³/mol. The Balaban J connectivity index is 1.95. The van der Waals surface area contributed by atoms with E-state index in [1.807, 2.05) is 0 Å². The van der Waals surface area contributed by atoms with Crippen LogP contribution in [-0.4, -0.2) is 38.0 Å². The number of halogens is 1. The molecule has 0 unspecified atom stereocenters. The molecule has 0 aliphatic carbocycles. The van der Waals surface area contributed by atoms with E-state index in [1.165, 1.54) is 0 Å². The molecule has 108 valence electrons. The van der Waals surface area contributed by atoms with Crippen LogP contribution in [0.5, 0.6) is 6.08 Å². The molecule has 0 fully saturated rings. The van der Waals surface area contributed by atoms with Crippen molar-refractivity contribution >= 4 is 21.6 Å². The Bertz CT molecular complexity index is 686. The summed E-state index contributed by atoms with van der Waals surface area (Å²) >= 11 is 6.01. The first kappa shape index (κ1) is 14.8. The van der Waals surface area contributed by atoms with Gasteiger partial charge in [-0.25, -0.2) is 13.1 Å². The highest BCUT2D eigenvalue weighted by Crippen LogP contribution is 2.26. The third kappa shape index (κ3) is 4.19. The van der Waals surface area contributed by atoms with Crippen molar-refractivity contribution in [2.45, 2.75) is 0 Å². The lowest BCUT2D eigenvalue weighted by Gasteiger charge is -2.01. The fraction of sp³-hybridized carbons (Fsp3) is 0.273. The SMILES string of the molecule is CS(=O)(=O)NCCOc1nc(-c2ccccc2Cl)no1. The predicted octanol–water partition coefficient (Wildman–Crippen LogP) is 1.32. The van der Waals surface area contributed by atoms with Gasteiger partial charge in [-0.3, -0.25) is 4.52 Å². The normalized spacial score (nSPS) is 11.5. The summed E-state index contributed by atoms with van der Waals surface area (Å²) in [7, 11) is -3.24. The quantitative estimate of drug-likeness (QED) is 0.807. The van der Waals surface area contributed by atoms with Gasteiger partial charge in [0.1, 0.15) is 6.61 Å². The third-order valence-electron chi connectivity index (χ3n) is 2.21. The van der Waals surface area contributed by atoms with E-state index < -0.39 is 10.0 Å². The Morgan fingerprint density at radius 3 is 2.85 bits per heavy atom. The van der Waals surface area contributed by atoms with Gasteiger partial charge in [-0.15, -0.1) is 0 Å². The first-order valence-corrected chi connectivity index (χ1v) is 7.89. The largest absolute Gasteiger partial charge is 0.447 e. The molecule has 1 aromatic carbocycles. The van der Waals surface area contributed by atoms with E-state index in [0.29, 0.717) is 16.4 Å². The number of ether oxygens (including phenoxy) is 1. The van der Waals surface area contributed by atoms with Gasteiger partial charge in [0.2, 0.25) is 15.8 Å². The molecule has 1 N–H and O–H groups in total. The van der Waals surface area contributed by atoms with Crippen LogP contribution in [-0.2, 0) is 10.0 Å². The van der Waals surface area contributed by atoms with Gasteiger partial charge in [0, 0.05) is 12.1 Å². The van der Waals surface area contributed by atoms with Crippen LogP contribution in [0.1, 0.15) is 0 Å². The zero-order chi connectivity index (χ0) is 14.6. The molecule has 0 aliphatic heterocycles. The number of sulfonamides is 1. The second kappa shape index (κ2) is 6.21. The second-order valence-corrected chi connectivity index (χ2v) is 6.12. The summed E-state index contributed by atoms with van der Waals surface area (Å²) in [5, 5.41) is 4.24.